The molecule has 3 rings (SSSR count). The molecule has 2 N–H and O–H groups in total. The second kappa shape index (κ2) is 8.36. The highest BCUT2D eigenvalue weighted by Gasteiger charge is 2.34. The van der Waals surface area contributed by atoms with Crippen LogP contribution < -0.4 is 15.4 Å². The van der Waals surface area contributed by atoms with Gasteiger partial charge in [-0.2, -0.15) is 0 Å². The van der Waals surface area contributed by atoms with Crippen molar-refractivity contribution in [3.63, 3.8) is 0 Å². The normalized spacial score (nSPS) is 20.6. The van der Waals surface area contributed by atoms with Gasteiger partial charge in [0.25, 0.3) is 0 Å². The molecule has 1 aliphatic rings. The zero-order chi connectivity index (χ0) is 20.3. The number of methoxy groups -OCH3 is 1. The van der Waals surface area contributed by atoms with Gasteiger partial charge in [-0.15, -0.1) is 0 Å². The lowest BCUT2D eigenvalue weighted by Gasteiger charge is -2.23. The molecule has 2 aromatic carbocycles. The van der Waals surface area contributed by atoms with Crippen LogP contribution in [0.3, 0.4) is 0 Å². The van der Waals surface area contributed by atoms with Crippen LogP contribution in [-0.2, 0) is 10.2 Å². The van der Waals surface area contributed by atoms with Gasteiger partial charge in [0.1, 0.15) is 5.75 Å². The SMILES string of the molecule is COc1cccc([C@H](C)NC(=O)[C@@H]2CNC[C@H]2c2ccc(C(C)(C)C)cc2)c1. The van der Waals surface area contributed by atoms with E-state index in [2.05, 4.69) is 55.7 Å². The summed E-state index contributed by atoms with van der Waals surface area (Å²) in [4.78, 5) is 13.0. The fraction of sp³-hybridized carbons (Fsp3) is 0.458. The van der Waals surface area contributed by atoms with Crippen molar-refractivity contribution in [1.29, 1.82) is 0 Å². The van der Waals surface area contributed by atoms with Crippen LogP contribution in [0.5, 0.6) is 5.75 Å². The van der Waals surface area contributed by atoms with Crippen molar-refractivity contribution >= 4 is 5.91 Å². The topological polar surface area (TPSA) is 50.4 Å². The van der Waals surface area contributed by atoms with Crippen LogP contribution in [0.1, 0.15) is 56.3 Å². The van der Waals surface area contributed by atoms with E-state index in [-0.39, 0.29) is 29.2 Å². The minimum atomic E-state index is -0.0629. The quantitative estimate of drug-likeness (QED) is 0.818. The summed E-state index contributed by atoms with van der Waals surface area (Å²) in [5.41, 5.74) is 3.72. The molecule has 1 fully saturated rings. The third-order valence-corrected chi connectivity index (χ3v) is 5.71. The van der Waals surface area contributed by atoms with E-state index in [1.807, 2.05) is 31.2 Å². The van der Waals surface area contributed by atoms with E-state index in [0.717, 1.165) is 17.9 Å². The van der Waals surface area contributed by atoms with Crippen LogP contribution >= 0.6 is 0 Å². The smallest absolute Gasteiger partial charge is 0.225 e. The first-order valence-electron chi connectivity index (χ1n) is 10.0. The molecular weight excluding hydrogens is 348 g/mol. The number of benzene rings is 2. The molecule has 0 aromatic heterocycles. The molecule has 0 bridgehead atoms. The Morgan fingerprint density at radius 1 is 1.14 bits per heavy atom. The maximum absolute atomic E-state index is 13.0. The average Bonchev–Trinajstić information content (AvgIpc) is 3.17. The molecule has 150 valence electrons. The third kappa shape index (κ3) is 4.56. The molecule has 1 saturated heterocycles. The van der Waals surface area contributed by atoms with Gasteiger partial charge in [-0.05, 0) is 41.2 Å². The fourth-order valence-electron chi connectivity index (χ4n) is 3.85. The van der Waals surface area contributed by atoms with Crippen LogP contribution in [0.2, 0.25) is 0 Å². The fourth-order valence-corrected chi connectivity index (χ4v) is 3.85. The second-order valence-corrected chi connectivity index (χ2v) is 8.75. The monoisotopic (exact) mass is 380 g/mol. The zero-order valence-electron chi connectivity index (χ0n) is 17.6. The van der Waals surface area contributed by atoms with Gasteiger partial charge in [0.15, 0.2) is 0 Å². The Bertz CT molecular complexity index is 808. The van der Waals surface area contributed by atoms with Crippen molar-refractivity contribution in [2.75, 3.05) is 20.2 Å². The Morgan fingerprint density at radius 2 is 1.86 bits per heavy atom. The summed E-state index contributed by atoms with van der Waals surface area (Å²) in [6, 6.07) is 16.6. The van der Waals surface area contributed by atoms with Crippen molar-refractivity contribution in [1.82, 2.24) is 10.6 Å². The number of amides is 1. The molecule has 0 saturated carbocycles. The molecule has 1 amide bonds. The highest BCUT2D eigenvalue weighted by atomic mass is 16.5. The molecule has 0 aliphatic carbocycles. The van der Waals surface area contributed by atoms with Gasteiger partial charge in [0.05, 0.1) is 19.1 Å². The van der Waals surface area contributed by atoms with Crippen LogP contribution in [-0.4, -0.2) is 26.1 Å². The molecule has 4 heteroatoms. The van der Waals surface area contributed by atoms with Crippen LogP contribution in [0, 0.1) is 5.92 Å². The lowest BCUT2D eigenvalue weighted by molar-refractivity contribution is -0.125. The zero-order valence-corrected chi connectivity index (χ0v) is 17.6. The number of rotatable bonds is 5. The molecule has 2 aromatic rings. The number of hydrogen-bond donors (Lipinski definition) is 2. The highest BCUT2D eigenvalue weighted by Crippen LogP contribution is 2.31. The Labute approximate surface area is 168 Å². The van der Waals surface area contributed by atoms with E-state index in [9.17, 15) is 4.79 Å². The maximum Gasteiger partial charge on any atom is 0.225 e. The Hall–Kier alpha value is -2.33. The highest BCUT2D eigenvalue weighted by molar-refractivity contribution is 5.81. The molecule has 1 aliphatic heterocycles. The summed E-state index contributed by atoms with van der Waals surface area (Å²) < 4.78 is 5.30. The molecule has 0 spiro atoms. The predicted octanol–water partition coefficient (Wildman–Crippen LogP) is 4.17. The maximum atomic E-state index is 13.0. The van der Waals surface area contributed by atoms with Gasteiger partial charge >= 0.3 is 0 Å². The van der Waals surface area contributed by atoms with Crippen molar-refractivity contribution in [3.8, 4) is 5.75 Å². The van der Waals surface area contributed by atoms with E-state index in [1.54, 1.807) is 7.11 Å². The number of ether oxygens (including phenoxy) is 1. The van der Waals surface area contributed by atoms with Gasteiger partial charge in [0.2, 0.25) is 5.91 Å². The van der Waals surface area contributed by atoms with Gasteiger partial charge < -0.3 is 15.4 Å². The van der Waals surface area contributed by atoms with Gasteiger partial charge in [-0.3, -0.25) is 4.79 Å². The van der Waals surface area contributed by atoms with Crippen LogP contribution in [0.25, 0.3) is 0 Å². The Morgan fingerprint density at radius 3 is 2.50 bits per heavy atom. The summed E-state index contributed by atoms with van der Waals surface area (Å²) in [5, 5.41) is 6.59. The van der Waals surface area contributed by atoms with Crippen LogP contribution in [0.4, 0.5) is 0 Å². The number of carbonyl (C=O) groups excluding carboxylic acids is 1. The van der Waals surface area contributed by atoms with E-state index in [1.165, 1.54) is 11.1 Å². The molecule has 28 heavy (non-hydrogen) atoms. The largest absolute Gasteiger partial charge is 0.497 e. The molecule has 1 heterocycles. The number of nitrogens with one attached hydrogen (secondary N) is 2. The minimum Gasteiger partial charge on any atom is -0.497 e. The standard InChI is InChI=1S/C24H32N2O2/c1-16(18-7-6-8-20(13-18)28-5)26-23(27)22-15-25-14-21(22)17-9-11-19(12-10-17)24(2,3)4/h6-13,16,21-22,25H,14-15H2,1-5H3,(H,26,27)/t16-,21-,22+/m0/s1. The van der Waals surface area contributed by atoms with Crippen molar-refractivity contribution in [2.24, 2.45) is 5.92 Å². The van der Waals surface area contributed by atoms with Crippen molar-refractivity contribution < 1.29 is 9.53 Å². The summed E-state index contributed by atoms with van der Waals surface area (Å²) in [5.74, 6) is 1.04. The van der Waals surface area contributed by atoms with E-state index < -0.39 is 0 Å². The average molecular weight is 381 g/mol. The first-order valence-corrected chi connectivity index (χ1v) is 10.0. The van der Waals surface area contributed by atoms with Gasteiger partial charge in [-0.25, -0.2) is 0 Å². The number of carbonyl (C=O) groups is 1. The predicted molar refractivity (Wildman–Crippen MR) is 114 cm³/mol. The van der Waals surface area contributed by atoms with Crippen molar-refractivity contribution in [3.05, 3.63) is 65.2 Å². The number of hydrogen-bond acceptors (Lipinski definition) is 3. The molecule has 4 nitrogen and oxygen atoms in total. The summed E-state index contributed by atoms with van der Waals surface area (Å²) in [6.45, 7) is 10.2. The second-order valence-electron chi connectivity index (χ2n) is 8.75. The van der Waals surface area contributed by atoms with E-state index in [0.29, 0.717) is 6.54 Å². The first-order chi connectivity index (χ1) is 13.3. The van der Waals surface area contributed by atoms with E-state index >= 15 is 0 Å². The van der Waals surface area contributed by atoms with E-state index in [4.69, 9.17) is 4.74 Å². The third-order valence-electron chi connectivity index (χ3n) is 5.71. The first kappa shape index (κ1) is 20.4. The molecule has 0 radical (unpaired) electrons. The lowest BCUT2D eigenvalue weighted by Crippen LogP contribution is -2.36. The summed E-state index contributed by atoms with van der Waals surface area (Å²) in [6.07, 6.45) is 0. The Kier molecular flexibility index (Phi) is 6.09. The molecular formula is C24H32N2O2. The summed E-state index contributed by atoms with van der Waals surface area (Å²) >= 11 is 0. The molecule has 3 atom stereocenters. The van der Waals surface area contributed by atoms with Crippen LogP contribution in [0.15, 0.2) is 48.5 Å². The van der Waals surface area contributed by atoms with Gasteiger partial charge in [0, 0.05) is 19.0 Å². The summed E-state index contributed by atoms with van der Waals surface area (Å²) in [7, 11) is 1.65. The minimum absolute atomic E-state index is 0.0615. The Balaban J connectivity index is 1.70. The molecule has 0 unspecified atom stereocenters. The van der Waals surface area contributed by atoms with Gasteiger partial charge in [-0.1, -0.05) is 57.2 Å². The lowest BCUT2D eigenvalue weighted by atomic mass is 9.83. The van der Waals surface area contributed by atoms with Crippen molar-refractivity contribution in [2.45, 2.75) is 45.1 Å².